The molecule has 0 unspecified atom stereocenters. The lowest BCUT2D eigenvalue weighted by molar-refractivity contribution is -0.228. The Morgan fingerprint density at radius 1 is 1.07 bits per heavy atom. The highest BCUT2D eigenvalue weighted by molar-refractivity contribution is 6.18. The summed E-state index contributed by atoms with van der Waals surface area (Å²) < 4.78 is 20.6. The Hall–Kier alpha value is -2.47. The molecule has 0 aliphatic carbocycles. The third-order valence-corrected chi connectivity index (χ3v) is 3.41. The van der Waals surface area contributed by atoms with Gasteiger partial charge in [0, 0.05) is 26.7 Å². The molecule has 1 fully saturated rings. The van der Waals surface area contributed by atoms with Crippen LogP contribution in [0.5, 0.6) is 0 Å². The van der Waals surface area contributed by atoms with Gasteiger partial charge in [0.2, 0.25) is 0 Å². The average molecular weight is 410 g/mol. The zero-order chi connectivity index (χ0) is 20.6. The third-order valence-electron chi connectivity index (χ3n) is 3.25. The molecule has 0 aromatic carbocycles. The second-order valence-electron chi connectivity index (χ2n) is 5.39. The zero-order valence-corrected chi connectivity index (χ0v) is 15.6. The topological polar surface area (TPSA) is 150 Å². The number of amides is 2. The van der Waals surface area contributed by atoms with Crippen molar-refractivity contribution in [2.24, 2.45) is 5.29 Å². The van der Waals surface area contributed by atoms with Crippen LogP contribution in [-0.2, 0) is 33.3 Å². The van der Waals surface area contributed by atoms with Gasteiger partial charge in [0.1, 0.15) is 0 Å². The van der Waals surface area contributed by atoms with E-state index in [2.05, 4.69) is 10.6 Å². The molecule has 2 amide bonds. The smallest absolute Gasteiger partial charge is 0.342 e. The lowest BCUT2D eigenvalue weighted by atomic mass is 10.0. The molecule has 1 aliphatic heterocycles. The van der Waals surface area contributed by atoms with Gasteiger partial charge in [-0.15, -0.1) is 16.5 Å². The molecule has 0 aromatic heterocycles. The molecule has 1 rings (SSSR count). The lowest BCUT2D eigenvalue weighted by Crippen LogP contribution is -2.63. The van der Waals surface area contributed by atoms with Crippen LogP contribution in [0.1, 0.15) is 20.8 Å². The maximum atomic E-state index is 12.1. The fraction of sp³-hybridized carbons (Fsp3) is 0.714. The Bertz CT molecular complexity index is 588. The zero-order valence-electron chi connectivity index (χ0n) is 14.9. The number of rotatable bonds is 7. The van der Waals surface area contributed by atoms with Crippen LogP contribution < -0.4 is 5.32 Å². The van der Waals surface area contributed by atoms with Gasteiger partial charge in [-0.2, -0.15) is 5.01 Å². The Morgan fingerprint density at radius 2 is 1.63 bits per heavy atom. The van der Waals surface area contributed by atoms with Crippen molar-refractivity contribution in [3.05, 3.63) is 4.91 Å². The maximum absolute atomic E-state index is 12.1. The first-order valence-corrected chi connectivity index (χ1v) is 8.33. The molecule has 1 aliphatic rings. The molecule has 0 radical (unpaired) electrons. The van der Waals surface area contributed by atoms with Crippen molar-refractivity contribution < 1.29 is 38.1 Å². The molecule has 1 N–H and O–H groups in total. The normalized spacial score (nSPS) is 24.3. The number of nitroso groups, excluding NO2 is 1. The lowest BCUT2D eigenvalue weighted by Gasteiger charge is -2.40. The summed E-state index contributed by atoms with van der Waals surface area (Å²) in [7, 11) is 0. The van der Waals surface area contributed by atoms with E-state index >= 15 is 0 Å². The molecule has 0 aromatic rings. The van der Waals surface area contributed by atoms with E-state index in [0.29, 0.717) is 5.01 Å². The highest BCUT2D eigenvalue weighted by Crippen LogP contribution is 2.23. The predicted octanol–water partition coefficient (Wildman–Crippen LogP) is 0.0696. The maximum Gasteiger partial charge on any atom is 0.342 e. The number of hydrogen-bond donors (Lipinski definition) is 1. The van der Waals surface area contributed by atoms with E-state index in [1.54, 1.807) is 0 Å². The predicted molar refractivity (Wildman–Crippen MR) is 88.2 cm³/mol. The van der Waals surface area contributed by atoms with Crippen LogP contribution in [0.4, 0.5) is 4.79 Å². The van der Waals surface area contributed by atoms with Gasteiger partial charge in [0.05, 0.1) is 18.4 Å². The van der Waals surface area contributed by atoms with E-state index in [1.807, 2.05) is 0 Å². The van der Waals surface area contributed by atoms with E-state index in [-0.39, 0.29) is 19.0 Å². The molecular formula is C14H20ClN3O9. The molecule has 13 heteroatoms. The summed E-state index contributed by atoms with van der Waals surface area (Å²) in [5, 5.41) is 5.31. The summed E-state index contributed by atoms with van der Waals surface area (Å²) in [4.78, 5) is 57.0. The average Bonchev–Trinajstić information content (AvgIpc) is 2.56. The molecule has 0 bridgehead atoms. The fourth-order valence-corrected chi connectivity index (χ4v) is 2.48. The molecule has 12 nitrogen and oxygen atoms in total. The molecule has 0 spiro atoms. The van der Waals surface area contributed by atoms with Crippen LogP contribution >= 0.6 is 11.6 Å². The van der Waals surface area contributed by atoms with E-state index in [4.69, 9.17) is 30.5 Å². The summed E-state index contributed by atoms with van der Waals surface area (Å²) in [6, 6.07) is -0.972. The Labute approximate surface area is 159 Å². The molecule has 0 saturated carbocycles. The summed E-state index contributed by atoms with van der Waals surface area (Å²) in [6.07, 6.45) is -4.98. The number of halogens is 1. The van der Waals surface area contributed by atoms with Gasteiger partial charge in [-0.25, -0.2) is 4.79 Å². The highest BCUT2D eigenvalue weighted by Gasteiger charge is 2.47. The Balaban J connectivity index is 3.06. The van der Waals surface area contributed by atoms with Crippen molar-refractivity contribution >= 4 is 35.5 Å². The molecule has 152 valence electrons. The van der Waals surface area contributed by atoms with E-state index in [1.165, 1.54) is 0 Å². The molecule has 1 heterocycles. The minimum Gasteiger partial charge on any atom is -0.456 e. The van der Waals surface area contributed by atoms with E-state index in [9.17, 15) is 24.1 Å². The first-order valence-electron chi connectivity index (χ1n) is 7.80. The first kappa shape index (κ1) is 22.6. The van der Waals surface area contributed by atoms with Crippen molar-refractivity contribution in [3.63, 3.8) is 0 Å². The van der Waals surface area contributed by atoms with Crippen LogP contribution in [0.25, 0.3) is 0 Å². The number of hydrogen-bond acceptors (Lipinski definition) is 10. The SMILES string of the molecule is CC(=O)O[C@@H]1[C@@H](OC(C)=O)[C@H](OC(C)=O)CO[C@H]1NC(=O)N(CCCl)N=O. The van der Waals surface area contributed by atoms with Crippen molar-refractivity contribution in [1.82, 2.24) is 10.3 Å². The number of urea groups is 1. The number of alkyl halides is 1. The summed E-state index contributed by atoms with van der Waals surface area (Å²) in [5.41, 5.74) is 0. The van der Waals surface area contributed by atoms with Gasteiger partial charge < -0.3 is 24.3 Å². The van der Waals surface area contributed by atoms with Gasteiger partial charge in [-0.3, -0.25) is 14.4 Å². The Kier molecular flexibility index (Phi) is 8.88. The van der Waals surface area contributed by atoms with Crippen molar-refractivity contribution in [1.29, 1.82) is 0 Å². The molecular weight excluding hydrogens is 390 g/mol. The summed E-state index contributed by atoms with van der Waals surface area (Å²) >= 11 is 5.48. The standard InChI is InChI=1S/C14H20ClN3O9/c1-7(19)25-10-6-24-13(16-14(22)18(17-23)5-4-15)12(27-9(3)21)11(10)26-8(2)20/h10-13H,4-6H2,1-3H3,(H,16,22)/t10-,11+,12-,13-/m1/s1. The van der Waals surface area contributed by atoms with E-state index < -0.39 is 48.5 Å². The van der Waals surface area contributed by atoms with Crippen molar-refractivity contribution in [2.75, 3.05) is 19.0 Å². The molecule has 4 atom stereocenters. The Morgan fingerprint density at radius 3 is 2.11 bits per heavy atom. The van der Waals surface area contributed by atoms with Gasteiger partial charge >= 0.3 is 23.9 Å². The van der Waals surface area contributed by atoms with E-state index in [0.717, 1.165) is 20.8 Å². The number of nitrogens with one attached hydrogen (secondary N) is 1. The number of nitrogens with zero attached hydrogens (tertiary/aromatic N) is 2. The first-order chi connectivity index (χ1) is 12.7. The monoisotopic (exact) mass is 409 g/mol. The molecule has 27 heavy (non-hydrogen) atoms. The van der Waals surface area contributed by atoms with Gasteiger partial charge in [0.25, 0.3) is 0 Å². The minimum atomic E-state index is -1.35. The van der Waals surface area contributed by atoms with Crippen LogP contribution in [-0.4, -0.2) is 72.5 Å². The largest absolute Gasteiger partial charge is 0.456 e. The second-order valence-corrected chi connectivity index (χ2v) is 5.77. The van der Waals surface area contributed by atoms with Crippen LogP contribution in [0.2, 0.25) is 0 Å². The van der Waals surface area contributed by atoms with Crippen molar-refractivity contribution in [2.45, 2.75) is 45.3 Å². The molecule has 1 saturated heterocycles. The van der Waals surface area contributed by atoms with Gasteiger partial charge in [-0.05, 0) is 0 Å². The van der Waals surface area contributed by atoms with Gasteiger partial charge in [-0.1, -0.05) is 0 Å². The van der Waals surface area contributed by atoms with Crippen LogP contribution in [0, 0.1) is 4.91 Å². The number of carbonyl (C=O) groups is 4. The van der Waals surface area contributed by atoms with Crippen LogP contribution in [0.15, 0.2) is 5.29 Å². The summed E-state index contributed by atoms with van der Waals surface area (Å²) in [5.74, 6) is -2.24. The van der Waals surface area contributed by atoms with Crippen LogP contribution in [0.3, 0.4) is 0 Å². The quantitative estimate of drug-likeness (QED) is 0.202. The number of carbonyl (C=O) groups excluding carboxylic acids is 4. The number of ether oxygens (including phenoxy) is 4. The summed E-state index contributed by atoms with van der Waals surface area (Å²) in [6.45, 7) is 2.89. The second kappa shape index (κ2) is 10.6. The third kappa shape index (κ3) is 6.98. The fourth-order valence-electron chi connectivity index (χ4n) is 2.32. The number of esters is 3. The van der Waals surface area contributed by atoms with Crippen molar-refractivity contribution in [3.8, 4) is 0 Å². The minimum absolute atomic E-state index is 0.0529. The van der Waals surface area contributed by atoms with Gasteiger partial charge in [0.15, 0.2) is 24.5 Å². The highest BCUT2D eigenvalue weighted by atomic mass is 35.5.